The molecule has 1 saturated heterocycles. The molecule has 0 spiro atoms. The minimum atomic E-state index is 0.344. The Morgan fingerprint density at radius 3 is 2.76 bits per heavy atom. The Kier molecular flexibility index (Phi) is 4.89. The average Bonchev–Trinajstić information content (AvgIpc) is 2.84. The third-order valence-corrected chi connectivity index (χ3v) is 6.25. The van der Waals surface area contributed by atoms with Crippen LogP contribution in [0.15, 0.2) is 47.8 Å². The Morgan fingerprint density at radius 1 is 1.00 bits per heavy atom. The second-order valence-electron chi connectivity index (χ2n) is 7.09. The fourth-order valence-corrected chi connectivity index (χ4v) is 5.01. The summed E-state index contributed by atoms with van der Waals surface area (Å²) in [6, 6.07) is 16.1. The molecular formula is C22H26N2S. The average molecular weight is 351 g/mol. The Labute approximate surface area is 154 Å². The van der Waals surface area contributed by atoms with Crippen LogP contribution < -0.4 is 5.32 Å². The van der Waals surface area contributed by atoms with Gasteiger partial charge in [-0.2, -0.15) is 0 Å². The molecule has 2 aromatic carbocycles. The fraction of sp³-hybridized carbons (Fsp3) is 0.364. The predicted octanol–water partition coefficient (Wildman–Crippen LogP) is 4.90. The molecule has 1 unspecified atom stereocenters. The summed E-state index contributed by atoms with van der Waals surface area (Å²) in [6.45, 7) is 8.89. The largest absolute Gasteiger partial charge is 0.315 e. The van der Waals surface area contributed by atoms with Gasteiger partial charge in [-0.15, -0.1) is 11.3 Å². The number of nitrogens with zero attached hydrogens (tertiary/aromatic N) is 1. The second-order valence-corrected chi connectivity index (χ2v) is 8.00. The van der Waals surface area contributed by atoms with Crippen LogP contribution in [-0.4, -0.2) is 31.1 Å². The number of hydrogen-bond donors (Lipinski definition) is 1. The number of thiophene rings is 1. The summed E-state index contributed by atoms with van der Waals surface area (Å²) in [7, 11) is 0. The molecule has 0 radical (unpaired) electrons. The van der Waals surface area contributed by atoms with Gasteiger partial charge in [0.15, 0.2) is 0 Å². The topological polar surface area (TPSA) is 15.3 Å². The van der Waals surface area contributed by atoms with Crippen molar-refractivity contribution in [1.82, 2.24) is 10.2 Å². The SMILES string of the molecule is Cc1ccc(C(c2csc3ccccc23)N2CCCNCC2)c(C)c1. The summed E-state index contributed by atoms with van der Waals surface area (Å²) in [5.41, 5.74) is 5.66. The van der Waals surface area contributed by atoms with E-state index in [1.54, 1.807) is 0 Å². The van der Waals surface area contributed by atoms with Crippen LogP contribution in [0.2, 0.25) is 0 Å². The Balaban J connectivity index is 1.85. The van der Waals surface area contributed by atoms with Crippen molar-refractivity contribution in [3.05, 3.63) is 70.1 Å². The summed E-state index contributed by atoms with van der Waals surface area (Å²) >= 11 is 1.87. The van der Waals surface area contributed by atoms with E-state index in [2.05, 4.69) is 71.9 Å². The van der Waals surface area contributed by atoms with E-state index >= 15 is 0 Å². The molecule has 0 aliphatic carbocycles. The van der Waals surface area contributed by atoms with Gasteiger partial charge >= 0.3 is 0 Å². The monoisotopic (exact) mass is 350 g/mol. The Morgan fingerprint density at radius 2 is 1.88 bits per heavy atom. The first-order valence-corrected chi connectivity index (χ1v) is 10.1. The summed E-state index contributed by atoms with van der Waals surface area (Å²) < 4.78 is 1.39. The first kappa shape index (κ1) is 16.8. The van der Waals surface area contributed by atoms with E-state index in [9.17, 15) is 0 Å². The number of aryl methyl sites for hydroxylation is 2. The van der Waals surface area contributed by atoms with E-state index in [0.717, 1.165) is 26.2 Å². The van der Waals surface area contributed by atoms with Crippen LogP contribution in [0.25, 0.3) is 10.1 Å². The molecule has 3 heteroatoms. The molecule has 1 aliphatic rings. The van der Waals surface area contributed by atoms with Gasteiger partial charge in [0.25, 0.3) is 0 Å². The normalized spacial score (nSPS) is 17.5. The highest BCUT2D eigenvalue weighted by molar-refractivity contribution is 7.17. The zero-order valence-electron chi connectivity index (χ0n) is 15.1. The molecule has 1 aliphatic heterocycles. The van der Waals surface area contributed by atoms with Gasteiger partial charge in [0, 0.05) is 24.3 Å². The van der Waals surface area contributed by atoms with Gasteiger partial charge in [-0.3, -0.25) is 4.90 Å². The van der Waals surface area contributed by atoms with Crippen LogP contribution in [0, 0.1) is 13.8 Å². The number of nitrogens with one attached hydrogen (secondary N) is 1. The van der Waals surface area contributed by atoms with E-state index in [1.165, 1.54) is 38.8 Å². The van der Waals surface area contributed by atoms with E-state index in [-0.39, 0.29) is 0 Å². The van der Waals surface area contributed by atoms with Crippen molar-refractivity contribution in [2.75, 3.05) is 26.2 Å². The number of rotatable bonds is 3. The molecule has 4 rings (SSSR count). The molecule has 0 bridgehead atoms. The van der Waals surface area contributed by atoms with Gasteiger partial charge in [0.1, 0.15) is 0 Å². The van der Waals surface area contributed by atoms with E-state index < -0.39 is 0 Å². The van der Waals surface area contributed by atoms with Crippen molar-refractivity contribution in [2.45, 2.75) is 26.3 Å². The van der Waals surface area contributed by atoms with Crippen LogP contribution in [-0.2, 0) is 0 Å². The van der Waals surface area contributed by atoms with Gasteiger partial charge in [-0.05, 0) is 60.3 Å². The third-order valence-electron chi connectivity index (χ3n) is 5.27. The summed E-state index contributed by atoms with van der Waals surface area (Å²) in [5.74, 6) is 0. The lowest BCUT2D eigenvalue weighted by Gasteiger charge is -2.32. The van der Waals surface area contributed by atoms with Crippen molar-refractivity contribution >= 4 is 21.4 Å². The number of hydrogen-bond acceptors (Lipinski definition) is 3. The lowest BCUT2D eigenvalue weighted by molar-refractivity contribution is 0.242. The lowest BCUT2D eigenvalue weighted by Crippen LogP contribution is -2.33. The Bertz CT molecular complexity index is 859. The van der Waals surface area contributed by atoms with Gasteiger partial charge < -0.3 is 5.32 Å². The van der Waals surface area contributed by atoms with Gasteiger partial charge in [0.05, 0.1) is 6.04 Å². The maximum absolute atomic E-state index is 3.55. The van der Waals surface area contributed by atoms with Crippen LogP contribution in [0.3, 0.4) is 0 Å². The molecule has 1 fully saturated rings. The van der Waals surface area contributed by atoms with Crippen molar-refractivity contribution in [2.24, 2.45) is 0 Å². The zero-order valence-corrected chi connectivity index (χ0v) is 15.9. The first-order chi connectivity index (χ1) is 12.2. The zero-order chi connectivity index (χ0) is 17.2. The lowest BCUT2D eigenvalue weighted by atomic mass is 9.92. The summed E-state index contributed by atoms with van der Waals surface area (Å²) in [6.07, 6.45) is 1.21. The quantitative estimate of drug-likeness (QED) is 0.722. The minimum Gasteiger partial charge on any atom is -0.315 e. The third kappa shape index (κ3) is 3.37. The summed E-state index contributed by atoms with van der Waals surface area (Å²) in [5, 5.41) is 7.34. The highest BCUT2D eigenvalue weighted by Gasteiger charge is 2.26. The Hall–Kier alpha value is -1.68. The molecule has 1 aromatic heterocycles. The highest BCUT2D eigenvalue weighted by Crippen LogP contribution is 2.38. The molecule has 2 heterocycles. The van der Waals surface area contributed by atoms with Gasteiger partial charge in [-0.25, -0.2) is 0 Å². The molecule has 1 N–H and O–H groups in total. The summed E-state index contributed by atoms with van der Waals surface area (Å²) in [4.78, 5) is 2.67. The van der Waals surface area contributed by atoms with Crippen LogP contribution in [0.5, 0.6) is 0 Å². The molecule has 2 nitrogen and oxygen atoms in total. The molecule has 130 valence electrons. The molecule has 3 aromatic rings. The maximum atomic E-state index is 3.55. The minimum absolute atomic E-state index is 0.344. The van der Waals surface area contributed by atoms with Crippen LogP contribution in [0.4, 0.5) is 0 Å². The maximum Gasteiger partial charge on any atom is 0.0619 e. The fourth-order valence-electron chi connectivity index (χ4n) is 4.03. The molecular weight excluding hydrogens is 324 g/mol. The van der Waals surface area contributed by atoms with Crippen LogP contribution >= 0.6 is 11.3 Å². The van der Waals surface area contributed by atoms with E-state index in [1.807, 2.05) is 11.3 Å². The molecule has 25 heavy (non-hydrogen) atoms. The van der Waals surface area contributed by atoms with Crippen LogP contribution in [0.1, 0.15) is 34.7 Å². The molecule has 0 saturated carbocycles. The smallest absolute Gasteiger partial charge is 0.0619 e. The van der Waals surface area contributed by atoms with Gasteiger partial charge in [-0.1, -0.05) is 42.0 Å². The van der Waals surface area contributed by atoms with Crippen molar-refractivity contribution in [3.8, 4) is 0 Å². The highest BCUT2D eigenvalue weighted by atomic mass is 32.1. The van der Waals surface area contributed by atoms with Crippen molar-refractivity contribution in [1.29, 1.82) is 0 Å². The number of benzene rings is 2. The van der Waals surface area contributed by atoms with Crippen molar-refractivity contribution < 1.29 is 0 Å². The van der Waals surface area contributed by atoms with Crippen molar-refractivity contribution in [3.63, 3.8) is 0 Å². The van der Waals surface area contributed by atoms with Gasteiger partial charge in [0.2, 0.25) is 0 Å². The van der Waals surface area contributed by atoms with E-state index in [0.29, 0.717) is 6.04 Å². The molecule has 0 amide bonds. The molecule has 1 atom stereocenters. The first-order valence-electron chi connectivity index (χ1n) is 9.22. The standard InChI is InChI=1S/C22H26N2S/c1-16-8-9-18(17(2)14-16)22(24-12-5-10-23-11-13-24)20-15-25-21-7-4-3-6-19(20)21/h3-4,6-9,14-15,22-23H,5,10-13H2,1-2H3. The van der Waals surface area contributed by atoms with E-state index in [4.69, 9.17) is 0 Å². The second kappa shape index (κ2) is 7.28. The number of fused-ring (bicyclic) bond motifs is 1. The predicted molar refractivity (Wildman–Crippen MR) is 109 cm³/mol.